The van der Waals surface area contributed by atoms with Crippen LogP contribution in [0.2, 0.25) is 0 Å². The number of amides is 1. The number of carbonyl (C=O) groups excluding carboxylic acids is 1. The molecule has 1 saturated heterocycles. The fraction of sp³-hybridized carbons (Fsp3) is 0.462. The first-order chi connectivity index (χ1) is 8.33. The van der Waals surface area contributed by atoms with E-state index in [1.54, 1.807) is 6.08 Å². The van der Waals surface area contributed by atoms with E-state index >= 15 is 0 Å². The molecule has 0 bridgehead atoms. The Bertz CT molecular complexity index is 372. The highest BCUT2D eigenvalue weighted by Crippen LogP contribution is 2.30. The summed E-state index contributed by atoms with van der Waals surface area (Å²) in [6.07, 6.45) is 5.80. The summed E-state index contributed by atoms with van der Waals surface area (Å²) in [5.41, 5.74) is 1.14. The predicted octanol–water partition coefficient (Wildman–Crippen LogP) is 1.45. The highest BCUT2D eigenvalue weighted by Gasteiger charge is 2.29. The number of rotatable bonds is 5. The molecule has 17 heavy (non-hydrogen) atoms. The van der Waals surface area contributed by atoms with Gasteiger partial charge in [0.15, 0.2) is 0 Å². The molecule has 1 aromatic heterocycles. The van der Waals surface area contributed by atoms with Crippen LogP contribution in [-0.4, -0.2) is 35.4 Å². The smallest absolute Gasteiger partial charge is 0.237 e. The fourth-order valence-electron chi connectivity index (χ4n) is 2.32. The summed E-state index contributed by atoms with van der Waals surface area (Å²) < 4.78 is 0. The van der Waals surface area contributed by atoms with Crippen LogP contribution in [0.1, 0.15) is 24.6 Å². The number of hydrogen-bond acceptors (Lipinski definition) is 2. The van der Waals surface area contributed by atoms with Crippen molar-refractivity contribution in [2.75, 3.05) is 19.6 Å². The number of aromatic nitrogens is 1. The Kier molecular flexibility index (Phi) is 3.98. The minimum Gasteiger partial charge on any atom is -0.363 e. The Morgan fingerprint density at radius 1 is 1.71 bits per heavy atom. The summed E-state index contributed by atoms with van der Waals surface area (Å²) in [6.45, 7) is 5.54. The standard InChI is InChI=1S/C13H19N3O/c1-2-7-14-10-13(17)16-9-4-6-12(16)11-5-3-8-15-11/h2-3,5,8,12,14-15H,1,4,6-7,9-10H2. The van der Waals surface area contributed by atoms with Crippen LogP contribution in [0.3, 0.4) is 0 Å². The van der Waals surface area contributed by atoms with E-state index in [0.717, 1.165) is 25.1 Å². The van der Waals surface area contributed by atoms with Crippen LogP contribution in [0.15, 0.2) is 31.0 Å². The van der Waals surface area contributed by atoms with Gasteiger partial charge < -0.3 is 15.2 Å². The SMILES string of the molecule is C=CCNCC(=O)N1CCCC1c1ccc[nH]1. The lowest BCUT2D eigenvalue weighted by molar-refractivity contribution is -0.131. The van der Waals surface area contributed by atoms with Crippen LogP contribution >= 0.6 is 0 Å². The van der Waals surface area contributed by atoms with Crippen molar-refractivity contribution in [2.24, 2.45) is 0 Å². The molecular formula is C13H19N3O. The summed E-state index contributed by atoms with van der Waals surface area (Å²) in [7, 11) is 0. The lowest BCUT2D eigenvalue weighted by Crippen LogP contribution is -2.37. The zero-order chi connectivity index (χ0) is 12.1. The third-order valence-corrected chi connectivity index (χ3v) is 3.12. The Hall–Kier alpha value is -1.55. The van der Waals surface area contributed by atoms with Gasteiger partial charge in [-0.15, -0.1) is 6.58 Å². The van der Waals surface area contributed by atoms with Gasteiger partial charge >= 0.3 is 0 Å². The lowest BCUT2D eigenvalue weighted by atomic mass is 10.1. The molecule has 4 heteroatoms. The van der Waals surface area contributed by atoms with Crippen molar-refractivity contribution in [3.63, 3.8) is 0 Å². The fourth-order valence-corrected chi connectivity index (χ4v) is 2.32. The molecule has 0 radical (unpaired) electrons. The average molecular weight is 233 g/mol. The molecule has 1 fully saturated rings. The largest absolute Gasteiger partial charge is 0.363 e. The number of H-pyrrole nitrogens is 1. The first kappa shape index (κ1) is 11.9. The summed E-state index contributed by atoms with van der Waals surface area (Å²) >= 11 is 0. The van der Waals surface area contributed by atoms with Gasteiger partial charge in [-0.3, -0.25) is 4.79 Å². The predicted molar refractivity (Wildman–Crippen MR) is 67.5 cm³/mol. The van der Waals surface area contributed by atoms with E-state index in [4.69, 9.17) is 0 Å². The highest BCUT2D eigenvalue weighted by molar-refractivity contribution is 5.79. The third kappa shape index (κ3) is 2.77. The molecule has 0 aliphatic carbocycles. The van der Waals surface area contributed by atoms with Gasteiger partial charge in [-0.2, -0.15) is 0 Å². The summed E-state index contributed by atoms with van der Waals surface area (Å²) in [4.78, 5) is 17.2. The van der Waals surface area contributed by atoms with Crippen LogP contribution < -0.4 is 5.32 Å². The van der Waals surface area contributed by atoms with E-state index in [1.807, 2.05) is 23.2 Å². The monoisotopic (exact) mass is 233 g/mol. The second kappa shape index (κ2) is 5.68. The third-order valence-electron chi connectivity index (χ3n) is 3.12. The maximum Gasteiger partial charge on any atom is 0.237 e. The van der Waals surface area contributed by atoms with E-state index < -0.39 is 0 Å². The van der Waals surface area contributed by atoms with Crippen molar-refractivity contribution < 1.29 is 4.79 Å². The second-order valence-corrected chi connectivity index (χ2v) is 4.29. The molecule has 1 aromatic rings. The number of hydrogen-bond donors (Lipinski definition) is 2. The van der Waals surface area contributed by atoms with Gasteiger partial charge in [-0.25, -0.2) is 0 Å². The van der Waals surface area contributed by atoms with E-state index in [-0.39, 0.29) is 11.9 Å². The molecule has 2 heterocycles. The molecule has 2 N–H and O–H groups in total. The molecule has 1 aliphatic heterocycles. The van der Waals surface area contributed by atoms with Gasteiger partial charge in [0, 0.05) is 25.0 Å². The number of likely N-dealkylation sites (tertiary alicyclic amines) is 1. The maximum atomic E-state index is 12.0. The van der Waals surface area contributed by atoms with E-state index in [2.05, 4.69) is 16.9 Å². The minimum absolute atomic E-state index is 0.170. The van der Waals surface area contributed by atoms with Gasteiger partial charge in [0.2, 0.25) is 5.91 Å². The molecule has 1 amide bonds. The van der Waals surface area contributed by atoms with Crippen LogP contribution in [0.25, 0.3) is 0 Å². The second-order valence-electron chi connectivity index (χ2n) is 4.29. The summed E-state index contributed by atoms with van der Waals surface area (Å²) in [5.74, 6) is 0.170. The molecule has 2 rings (SSSR count). The minimum atomic E-state index is 0.170. The normalized spacial score (nSPS) is 19.5. The van der Waals surface area contributed by atoms with E-state index in [9.17, 15) is 4.79 Å². The number of carbonyl (C=O) groups is 1. The van der Waals surface area contributed by atoms with E-state index in [1.165, 1.54) is 0 Å². The topological polar surface area (TPSA) is 48.1 Å². The van der Waals surface area contributed by atoms with Gasteiger partial charge in [-0.05, 0) is 25.0 Å². The Balaban J connectivity index is 1.95. The van der Waals surface area contributed by atoms with Crippen molar-refractivity contribution >= 4 is 5.91 Å². The highest BCUT2D eigenvalue weighted by atomic mass is 16.2. The molecular weight excluding hydrogens is 214 g/mol. The van der Waals surface area contributed by atoms with Crippen LogP contribution in [-0.2, 0) is 4.79 Å². The van der Waals surface area contributed by atoms with Crippen molar-refractivity contribution in [3.05, 3.63) is 36.7 Å². The summed E-state index contributed by atoms with van der Waals surface area (Å²) in [6, 6.07) is 4.25. The van der Waals surface area contributed by atoms with Crippen molar-refractivity contribution in [3.8, 4) is 0 Å². The van der Waals surface area contributed by atoms with E-state index in [0.29, 0.717) is 13.1 Å². The van der Waals surface area contributed by atoms with Gasteiger partial charge in [-0.1, -0.05) is 6.08 Å². The number of nitrogens with zero attached hydrogens (tertiary/aromatic N) is 1. The molecule has 0 saturated carbocycles. The first-order valence-corrected chi connectivity index (χ1v) is 6.07. The number of aromatic amines is 1. The maximum absolute atomic E-state index is 12.0. The lowest BCUT2D eigenvalue weighted by Gasteiger charge is -2.24. The van der Waals surface area contributed by atoms with Crippen LogP contribution in [0.4, 0.5) is 0 Å². The number of nitrogens with one attached hydrogen (secondary N) is 2. The molecule has 1 atom stereocenters. The zero-order valence-corrected chi connectivity index (χ0v) is 9.98. The van der Waals surface area contributed by atoms with Gasteiger partial charge in [0.1, 0.15) is 0 Å². The van der Waals surface area contributed by atoms with Gasteiger partial charge in [0.25, 0.3) is 0 Å². The zero-order valence-electron chi connectivity index (χ0n) is 9.98. The molecule has 0 aromatic carbocycles. The van der Waals surface area contributed by atoms with Crippen LogP contribution in [0.5, 0.6) is 0 Å². The van der Waals surface area contributed by atoms with Gasteiger partial charge in [0.05, 0.1) is 12.6 Å². The Morgan fingerprint density at radius 2 is 2.59 bits per heavy atom. The quantitative estimate of drug-likeness (QED) is 0.597. The Morgan fingerprint density at radius 3 is 3.29 bits per heavy atom. The molecule has 1 aliphatic rings. The first-order valence-electron chi connectivity index (χ1n) is 6.07. The van der Waals surface area contributed by atoms with Crippen LogP contribution in [0, 0.1) is 0 Å². The van der Waals surface area contributed by atoms with Crippen molar-refractivity contribution in [1.82, 2.24) is 15.2 Å². The Labute approximate surface area is 102 Å². The summed E-state index contributed by atoms with van der Waals surface area (Å²) in [5, 5.41) is 3.06. The average Bonchev–Trinajstić information content (AvgIpc) is 2.99. The van der Waals surface area contributed by atoms with Crippen molar-refractivity contribution in [2.45, 2.75) is 18.9 Å². The van der Waals surface area contributed by atoms with Crippen molar-refractivity contribution in [1.29, 1.82) is 0 Å². The molecule has 4 nitrogen and oxygen atoms in total. The molecule has 92 valence electrons. The molecule has 0 spiro atoms. The molecule has 1 unspecified atom stereocenters.